The molecule has 5 nitrogen and oxygen atoms in total. The summed E-state index contributed by atoms with van der Waals surface area (Å²) in [7, 11) is 0. The van der Waals surface area contributed by atoms with Gasteiger partial charge in [0.15, 0.2) is 0 Å². The Kier molecular flexibility index (Phi) is 5.21. The van der Waals surface area contributed by atoms with Crippen LogP contribution in [0.2, 0.25) is 0 Å². The molecule has 0 aliphatic carbocycles. The van der Waals surface area contributed by atoms with Crippen LogP contribution in [-0.4, -0.2) is 50.7 Å². The zero-order valence-electron chi connectivity index (χ0n) is 14.5. The summed E-state index contributed by atoms with van der Waals surface area (Å²) in [6.07, 6.45) is 6.65. The third kappa shape index (κ3) is 3.47. The molecule has 1 fully saturated rings. The van der Waals surface area contributed by atoms with Crippen LogP contribution in [0.15, 0.2) is 35.6 Å². The molecule has 0 saturated carbocycles. The molecule has 3 rings (SSSR count). The minimum Gasteiger partial charge on any atom is -0.411 e. The van der Waals surface area contributed by atoms with E-state index in [1.165, 1.54) is 25.5 Å². The minimum absolute atomic E-state index is 0.428. The Balaban J connectivity index is 1.77. The number of likely N-dealkylation sites (tertiary alicyclic amines) is 1. The van der Waals surface area contributed by atoms with Crippen molar-refractivity contribution in [3.63, 3.8) is 0 Å². The van der Waals surface area contributed by atoms with Crippen LogP contribution in [-0.2, 0) is 6.54 Å². The number of para-hydroxylation sites is 1. The van der Waals surface area contributed by atoms with Crippen LogP contribution in [0.1, 0.15) is 38.7 Å². The second kappa shape index (κ2) is 7.36. The normalized spacial score (nSPS) is 24.0. The number of aliphatic hydroxyl groups excluding tert-OH is 1. The van der Waals surface area contributed by atoms with Gasteiger partial charge < -0.3 is 14.9 Å². The number of aromatic nitrogens is 1. The molecule has 0 bridgehead atoms. The van der Waals surface area contributed by atoms with Gasteiger partial charge in [-0.3, -0.25) is 4.90 Å². The van der Waals surface area contributed by atoms with Gasteiger partial charge in [-0.1, -0.05) is 29.8 Å². The average molecular weight is 329 g/mol. The number of aliphatic hydroxyl groups is 1. The molecule has 0 amide bonds. The van der Waals surface area contributed by atoms with Gasteiger partial charge in [-0.25, -0.2) is 0 Å². The van der Waals surface area contributed by atoms with Gasteiger partial charge in [-0.2, -0.15) is 0 Å². The molecular formula is C19H27N3O2. The van der Waals surface area contributed by atoms with Crippen molar-refractivity contribution in [2.24, 2.45) is 5.16 Å². The molecule has 1 aromatic carbocycles. The number of hydrogen-bond acceptors (Lipinski definition) is 4. The molecule has 2 heterocycles. The molecule has 5 heteroatoms. The first kappa shape index (κ1) is 17.0. The van der Waals surface area contributed by atoms with E-state index < -0.39 is 6.10 Å². The Hall–Kier alpha value is -1.85. The van der Waals surface area contributed by atoms with E-state index >= 15 is 0 Å². The molecule has 1 aromatic heterocycles. The van der Waals surface area contributed by atoms with Crippen LogP contribution in [0.4, 0.5) is 0 Å². The van der Waals surface area contributed by atoms with Gasteiger partial charge in [0.2, 0.25) is 0 Å². The van der Waals surface area contributed by atoms with Crippen molar-refractivity contribution >= 4 is 17.1 Å². The van der Waals surface area contributed by atoms with Crippen molar-refractivity contribution < 1.29 is 10.3 Å². The van der Waals surface area contributed by atoms with Crippen molar-refractivity contribution in [1.82, 2.24) is 9.47 Å². The third-order valence-corrected chi connectivity index (χ3v) is 5.22. The summed E-state index contributed by atoms with van der Waals surface area (Å²) in [6.45, 7) is 5.74. The molecule has 130 valence electrons. The molecule has 1 aliphatic heterocycles. The third-order valence-electron chi connectivity index (χ3n) is 5.22. The van der Waals surface area contributed by atoms with E-state index in [2.05, 4.69) is 28.5 Å². The van der Waals surface area contributed by atoms with Gasteiger partial charge in [-0.15, -0.1) is 0 Å². The number of hydrogen-bond donors (Lipinski definition) is 2. The zero-order valence-corrected chi connectivity index (χ0v) is 14.5. The minimum atomic E-state index is -0.428. The highest BCUT2D eigenvalue weighted by molar-refractivity contribution is 5.99. The second-order valence-corrected chi connectivity index (χ2v) is 6.98. The van der Waals surface area contributed by atoms with Crippen molar-refractivity contribution in [3.8, 4) is 0 Å². The van der Waals surface area contributed by atoms with Crippen molar-refractivity contribution in [3.05, 3.63) is 36.0 Å². The summed E-state index contributed by atoms with van der Waals surface area (Å²) in [5.74, 6) is 0. The van der Waals surface area contributed by atoms with Gasteiger partial charge in [-0.05, 0) is 32.8 Å². The fraction of sp³-hybridized carbons (Fsp3) is 0.526. The zero-order chi connectivity index (χ0) is 17.1. The van der Waals surface area contributed by atoms with Gasteiger partial charge in [0.1, 0.15) is 0 Å². The van der Waals surface area contributed by atoms with Gasteiger partial charge >= 0.3 is 0 Å². The van der Waals surface area contributed by atoms with Crippen molar-refractivity contribution in [2.45, 2.75) is 57.8 Å². The Bertz CT molecular complexity index is 700. The summed E-state index contributed by atoms with van der Waals surface area (Å²) in [4.78, 5) is 2.43. The average Bonchev–Trinajstić information content (AvgIpc) is 2.90. The van der Waals surface area contributed by atoms with Crippen LogP contribution in [0.25, 0.3) is 10.9 Å². The maximum atomic E-state index is 10.6. The topological polar surface area (TPSA) is 61.0 Å². The van der Waals surface area contributed by atoms with Crippen molar-refractivity contribution in [2.75, 3.05) is 6.54 Å². The lowest BCUT2D eigenvalue weighted by Gasteiger charge is -2.40. The smallest absolute Gasteiger partial charge is 0.0845 e. The fourth-order valence-corrected chi connectivity index (χ4v) is 3.95. The SMILES string of the molecule is C[C@@H]1CCC[C@@H](C)N1C[C@H](O)Cn1cc(/C=N\O)c2ccccc21. The Labute approximate surface area is 143 Å². The standard InChI is InChI=1S/C19H27N3O2/c1-14-6-5-7-15(2)22(14)13-17(23)12-21-11-16(10-20-24)18-8-3-4-9-19(18)21/h3-4,8-11,14-15,17,23-24H,5-7,12-13H2,1-2H3/b20-10-/t14-,15-,17-/m1/s1. The molecule has 24 heavy (non-hydrogen) atoms. The lowest BCUT2D eigenvalue weighted by atomic mass is 9.97. The van der Waals surface area contributed by atoms with E-state index in [1.54, 1.807) is 0 Å². The summed E-state index contributed by atoms with van der Waals surface area (Å²) in [5, 5.41) is 23.7. The van der Waals surface area contributed by atoms with E-state index in [0.29, 0.717) is 25.2 Å². The van der Waals surface area contributed by atoms with E-state index in [-0.39, 0.29) is 0 Å². The monoisotopic (exact) mass is 329 g/mol. The molecule has 2 aromatic rings. The summed E-state index contributed by atoms with van der Waals surface area (Å²) < 4.78 is 2.05. The number of benzene rings is 1. The Morgan fingerprint density at radius 2 is 1.92 bits per heavy atom. The van der Waals surface area contributed by atoms with Crippen LogP contribution in [0, 0.1) is 0 Å². The molecule has 2 N–H and O–H groups in total. The van der Waals surface area contributed by atoms with E-state index in [0.717, 1.165) is 16.5 Å². The number of rotatable bonds is 5. The van der Waals surface area contributed by atoms with E-state index in [4.69, 9.17) is 5.21 Å². The first-order chi connectivity index (χ1) is 11.6. The predicted octanol–water partition coefficient (Wildman–Crippen LogP) is 3.07. The molecule has 0 radical (unpaired) electrons. The van der Waals surface area contributed by atoms with Crippen LogP contribution < -0.4 is 0 Å². The predicted molar refractivity (Wildman–Crippen MR) is 96.8 cm³/mol. The number of piperidine rings is 1. The lowest BCUT2D eigenvalue weighted by Crippen LogP contribution is -2.47. The van der Waals surface area contributed by atoms with Crippen LogP contribution in [0.5, 0.6) is 0 Å². The maximum absolute atomic E-state index is 10.6. The molecule has 3 atom stereocenters. The first-order valence-corrected chi connectivity index (χ1v) is 8.79. The molecule has 1 aliphatic rings. The quantitative estimate of drug-likeness (QED) is 0.503. The van der Waals surface area contributed by atoms with E-state index in [9.17, 15) is 5.11 Å². The van der Waals surface area contributed by atoms with Gasteiger partial charge in [0, 0.05) is 47.8 Å². The molecule has 1 saturated heterocycles. The molecular weight excluding hydrogens is 302 g/mol. The highest BCUT2D eigenvalue weighted by Crippen LogP contribution is 2.24. The van der Waals surface area contributed by atoms with Gasteiger partial charge in [0.05, 0.1) is 12.3 Å². The number of fused-ring (bicyclic) bond motifs is 1. The first-order valence-electron chi connectivity index (χ1n) is 8.79. The lowest BCUT2D eigenvalue weighted by molar-refractivity contribution is 0.0352. The molecule has 0 unspecified atom stereocenters. The highest BCUT2D eigenvalue weighted by Gasteiger charge is 2.26. The highest BCUT2D eigenvalue weighted by atomic mass is 16.4. The number of β-amino-alcohol motifs (C(OH)–C–C–N with tert-alkyl or cyclic N) is 1. The largest absolute Gasteiger partial charge is 0.411 e. The summed E-state index contributed by atoms with van der Waals surface area (Å²) >= 11 is 0. The number of nitrogens with zero attached hydrogens (tertiary/aromatic N) is 3. The Morgan fingerprint density at radius 3 is 2.62 bits per heavy atom. The van der Waals surface area contributed by atoms with Crippen LogP contribution in [0.3, 0.4) is 0 Å². The summed E-state index contributed by atoms with van der Waals surface area (Å²) in [5.41, 5.74) is 1.91. The van der Waals surface area contributed by atoms with Gasteiger partial charge in [0.25, 0.3) is 0 Å². The van der Waals surface area contributed by atoms with E-state index in [1.807, 2.05) is 30.5 Å². The number of oxime groups is 1. The van der Waals surface area contributed by atoms with Crippen LogP contribution >= 0.6 is 0 Å². The second-order valence-electron chi connectivity index (χ2n) is 6.98. The maximum Gasteiger partial charge on any atom is 0.0845 e. The summed E-state index contributed by atoms with van der Waals surface area (Å²) in [6, 6.07) is 9.05. The fourth-order valence-electron chi connectivity index (χ4n) is 3.95. The van der Waals surface area contributed by atoms with Crippen molar-refractivity contribution in [1.29, 1.82) is 0 Å². The molecule has 0 spiro atoms. The Morgan fingerprint density at radius 1 is 1.21 bits per heavy atom.